The molecule has 0 aliphatic rings. The van der Waals surface area contributed by atoms with Crippen molar-refractivity contribution in [2.45, 2.75) is 26.2 Å². The van der Waals surface area contributed by atoms with Crippen LogP contribution in [0.25, 0.3) is 0 Å². The molecule has 0 saturated carbocycles. The summed E-state index contributed by atoms with van der Waals surface area (Å²) in [6.07, 6.45) is 2.44. The fraction of sp³-hybridized carbons (Fsp3) is 0.250. The summed E-state index contributed by atoms with van der Waals surface area (Å²) in [5.74, 6) is 1.85. The van der Waals surface area contributed by atoms with Crippen molar-refractivity contribution in [3.63, 3.8) is 0 Å². The number of aromatic nitrogens is 1. The molecule has 1 heterocycles. The first-order valence-corrected chi connectivity index (χ1v) is 9.80. The SMILES string of the molecule is COc1ccccc1CCNc1cc(C(=O)Nc2ccc(C(C)C)cc2)ccn1. The van der Waals surface area contributed by atoms with E-state index in [0.29, 0.717) is 23.8 Å². The third-order valence-electron chi connectivity index (χ3n) is 4.75. The lowest BCUT2D eigenvalue weighted by Crippen LogP contribution is -2.13. The smallest absolute Gasteiger partial charge is 0.255 e. The number of nitrogens with zero attached hydrogens (tertiary/aromatic N) is 1. The zero-order valence-corrected chi connectivity index (χ0v) is 17.1. The van der Waals surface area contributed by atoms with Gasteiger partial charge in [0.1, 0.15) is 11.6 Å². The van der Waals surface area contributed by atoms with E-state index in [2.05, 4.69) is 29.5 Å². The number of carbonyl (C=O) groups excluding carboxylic acids is 1. The lowest BCUT2D eigenvalue weighted by Gasteiger charge is -2.11. The maximum absolute atomic E-state index is 12.6. The fourth-order valence-electron chi connectivity index (χ4n) is 3.06. The van der Waals surface area contributed by atoms with Gasteiger partial charge >= 0.3 is 0 Å². The summed E-state index contributed by atoms with van der Waals surface area (Å²) < 4.78 is 5.38. The van der Waals surface area contributed by atoms with Crippen molar-refractivity contribution in [2.75, 3.05) is 24.3 Å². The van der Waals surface area contributed by atoms with Crippen LogP contribution in [0.3, 0.4) is 0 Å². The molecule has 0 fully saturated rings. The average Bonchev–Trinajstić information content (AvgIpc) is 2.74. The Hall–Kier alpha value is -3.34. The van der Waals surface area contributed by atoms with Crippen LogP contribution in [0.1, 0.15) is 41.3 Å². The number of ether oxygens (including phenoxy) is 1. The van der Waals surface area contributed by atoms with E-state index in [9.17, 15) is 4.79 Å². The molecule has 1 amide bonds. The van der Waals surface area contributed by atoms with Crippen LogP contribution in [0.5, 0.6) is 5.75 Å². The Kier molecular flexibility index (Phi) is 6.85. The van der Waals surface area contributed by atoms with Crippen molar-refractivity contribution in [1.82, 2.24) is 4.98 Å². The molecule has 3 aromatic rings. The minimum Gasteiger partial charge on any atom is -0.496 e. The summed E-state index contributed by atoms with van der Waals surface area (Å²) in [5.41, 5.74) is 3.71. The number of methoxy groups -OCH3 is 1. The van der Waals surface area contributed by atoms with Crippen molar-refractivity contribution >= 4 is 17.4 Å². The zero-order valence-electron chi connectivity index (χ0n) is 17.1. The number of carbonyl (C=O) groups is 1. The molecule has 5 nitrogen and oxygen atoms in total. The summed E-state index contributed by atoms with van der Waals surface area (Å²) in [4.78, 5) is 16.9. The quantitative estimate of drug-likeness (QED) is 0.561. The van der Waals surface area contributed by atoms with Crippen LogP contribution < -0.4 is 15.4 Å². The molecule has 0 aliphatic heterocycles. The van der Waals surface area contributed by atoms with E-state index in [4.69, 9.17) is 4.74 Å². The first-order valence-electron chi connectivity index (χ1n) is 9.80. The maximum atomic E-state index is 12.6. The number of nitrogens with one attached hydrogen (secondary N) is 2. The summed E-state index contributed by atoms with van der Waals surface area (Å²) in [5, 5.41) is 6.21. The monoisotopic (exact) mass is 389 g/mol. The molecule has 3 rings (SSSR count). The number of para-hydroxylation sites is 1. The molecule has 0 unspecified atom stereocenters. The summed E-state index contributed by atoms with van der Waals surface area (Å²) in [7, 11) is 1.67. The number of pyridine rings is 1. The standard InChI is InChI=1S/C24H27N3O2/c1-17(2)18-8-10-21(11-9-18)27-24(28)20-13-15-26-23(16-20)25-14-12-19-6-4-5-7-22(19)29-3/h4-11,13,15-17H,12,14H2,1-3H3,(H,25,26)(H,27,28). The highest BCUT2D eigenvalue weighted by Gasteiger charge is 2.08. The van der Waals surface area contributed by atoms with Gasteiger partial charge in [0.25, 0.3) is 5.91 Å². The summed E-state index contributed by atoms with van der Waals surface area (Å²) in [6.45, 7) is 4.98. The second-order valence-corrected chi connectivity index (χ2v) is 7.15. The van der Waals surface area contributed by atoms with Crippen LogP contribution >= 0.6 is 0 Å². The second-order valence-electron chi connectivity index (χ2n) is 7.15. The van der Waals surface area contributed by atoms with Gasteiger partial charge in [-0.05, 0) is 53.8 Å². The van der Waals surface area contributed by atoms with E-state index in [0.717, 1.165) is 23.4 Å². The van der Waals surface area contributed by atoms with Crippen LogP contribution in [0.15, 0.2) is 66.9 Å². The van der Waals surface area contributed by atoms with E-state index in [1.54, 1.807) is 25.4 Å². The predicted molar refractivity (Wildman–Crippen MR) is 118 cm³/mol. The van der Waals surface area contributed by atoms with Crippen molar-refractivity contribution < 1.29 is 9.53 Å². The minimum atomic E-state index is -0.155. The average molecular weight is 389 g/mol. The number of anilines is 2. The van der Waals surface area contributed by atoms with Gasteiger partial charge in [0.05, 0.1) is 7.11 Å². The molecule has 1 aromatic heterocycles. The van der Waals surface area contributed by atoms with Crippen LogP contribution in [0.2, 0.25) is 0 Å². The number of amides is 1. The first-order chi connectivity index (χ1) is 14.1. The van der Waals surface area contributed by atoms with Crippen molar-refractivity contribution in [1.29, 1.82) is 0 Å². The minimum absolute atomic E-state index is 0.155. The highest BCUT2D eigenvalue weighted by Crippen LogP contribution is 2.19. The molecular formula is C24H27N3O2. The summed E-state index contributed by atoms with van der Waals surface area (Å²) in [6, 6.07) is 19.4. The van der Waals surface area contributed by atoms with Crippen LogP contribution in [-0.4, -0.2) is 24.5 Å². The van der Waals surface area contributed by atoms with E-state index in [-0.39, 0.29) is 5.91 Å². The largest absolute Gasteiger partial charge is 0.496 e. The van der Waals surface area contributed by atoms with E-state index in [1.807, 2.05) is 48.5 Å². The molecule has 0 spiro atoms. The molecule has 5 heteroatoms. The second kappa shape index (κ2) is 9.73. The van der Waals surface area contributed by atoms with Gasteiger partial charge in [-0.2, -0.15) is 0 Å². The van der Waals surface area contributed by atoms with Gasteiger partial charge in [-0.15, -0.1) is 0 Å². The third kappa shape index (κ3) is 5.57. The van der Waals surface area contributed by atoms with Crippen molar-refractivity contribution in [3.8, 4) is 5.75 Å². The van der Waals surface area contributed by atoms with Gasteiger partial charge in [-0.1, -0.05) is 44.2 Å². The first kappa shape index (κ1) is 20.4. The molecule has 2 aromatic carbocycles. The van der Waals surface area contributed by atoms with Crippen LogP contribution in [0.4, 0.5) is 11.5 Å². The van der Waals surface area contributed by atoms with Crippen LogP contribution in [0, 0.1) is 0 Å². The van der Waals surface area contributed by atoms with Crippen molar-refractivity contribution in [2.24, 2.45) is 0 Å². The number of hydrogen-bond acceptors (Lipinski definition) is 4. The molecule has 0 bridgehead atoms. The lowest BCUT2D eigenvalue weighted by molar-refractivity contribution is 0.102. The van der Waals surface area contributed by atoms with Gasteiger partial charge in [-0.3, -0.25) is 4.79 Å². The Bertz CT molecular complexity index is 952. The van der Waals surface area contributed by atoms with Gasteiger partial charge in [-0.25, -0.2) is 4.98 Å². The highest BCUT2D eigenvalue weighted by atomic mass is 16.5. The molecular weight excluding hydrogens is 362 g/mol. The Balaban J connectivity index is 1.59. The van der Waals surface area contributed by atoms with Gasteiger partial charge in [0.15, 0.2) is 0 Å². The fourth-order valence-corrected chi connectivity index (χ4v) is 3.06. The zero-order chi connectivity index (χ0) is 20.6. The third-order valence-corrected chi connectivity index (χ3v) is 4.75. The van der Waals surface area contributed by atoms with Gasteiger partial charge < -0.3 is 15.4 Å². The molecule has 150 valence electrons. The Morgan fingerprint density at radius 2 is 1.83 bits per heavy atom. The molecule has 2 N–H and O–H groups in total. The molecule has 0 radical (unpaired) electrons. The van der Waals surface area contributed by atoms with Crippen LogP contribution in [-0.2, 0) is 6.42 Å². The normalized spacial score (nSPS) is 10.6. The highest BCUT2D eigenvalue weighted by molar-refractivity contribution is 6.04. The van der Waals surface area contributed by atoms with E-state index in [1.165, 1.54) is 5.56 Å². The number of rotatable bonds is 8. The molecule has 0 saturated heterocycles. The lowest BCUT2D eigenvalue weighted by atomic mass is 10.0. The predicted octanol–water partition coefficient (Wildman–Crippen LogP) is 5.12. The molecule has 0 aliphatic carbocycles. The Labute approximate surface area is 172 Å². The molecule has 0 atom stereocenters. The van der Waals surface area contributed by atoms with Gasteiger partial charge in [0, 0.05) is 24.0 Å². The van der Waals surface area contributed by atoms with E-state index < -0.39 is 0 Å². The summed E-state index contributed by atoms with van der Waals surface area (Å²) >= 11 is 0. The molecule has 29 heavy (non-hydrogen) atoms. The number of hydrogen-bond donors (Lipinski definition) is 2. The maximum Gasteiger partial charge on any atom is 0.255 e. The topological polar surface area (TPSA) is 63.2 Å². The van der Waals surface area contributed by atoms with E-state index >= 15 is 0 Å². The Morgan fingerprint density at radius 3 is 2.55 bits per heavy atom. The Morgan fingerprint density at radius 1 is 1.07 bits per heavy atom. The number of benzene rings is 2. The van der Waals surface area contributed by atoms with Crippen molar-refractivity contribution in [3.05, 3.63) is 83.6 Å². The van der Waals surface area contributed by atoms with Gasteiger partial charge in [0.2, 0.25) is 0 Å².